The molecule has 27 heavy (non-hydrogen) atoms. The first-order valence-corrected chi connectivity index (χ1v) is 9.06. The molecule has 0 saturated heterocycles. The van der Waals surface area contributed by atoms with Gasteiger partial charge >= 0.3 is 0 Å². The van der Waals surface area contributed by atoms with Crippen LogP contribution in [0.4, 0.5) is 5.69 Å². The van der Waals surface area contributed by atoms with Crippen LogP contribution in [0, 0.1) is 6.92 Å². The Morgan fingerprint density at radius 3 is 2.63 bits per heavy atom. The topological polar surface area (TPSA) is 55.2 Å². The summed E-state index contributed by atoms with van der Waals surface area (Å²) >= 11 is 0. The van der Waals surface area contributed by atoms with Gasteiger partial charge < -0.3 is 4.90 Å². The van der Waals surface area contributed by atoms with E-state index >= 15 is 0 Å². The van der Waals surface area contributed by atoms with Gasteiger partial charge in [-0.3, -0.25) is 14.2 Å². The molecule has 0 spiro atoms. The summed E-state index contributed by atoms with van der Waals surface area (Å²) in [4.78, 5) is 31.5. The Kier molecular flexibility index (Phi) is 4.36. The highest BCUT2D eigenvalue weighted by Crippen LogP contribution is 2.31. The van der Waals surface area contributed by atoms with E-state index in [2.05, 4.69) is 4.98 Å². The molecule has 0 unspecified atom stereocenters. The van der Waals surface area contributed by atoms with Crippen molar-refractivity contribution >= 4 is 11.6 Å². The lowest BCUT2D eigenvalue weighted by atomic mass is 10.1. The van der Waals surface area contributed by atoms with Crippen molar-refractivity contribution in [2.24, 2.45) is 0 Å². The van der Waals surface area contributed by atoms with E-state index in [0.717, 1.165) is 23.2 Å². The van der Waals surface area contributed by atoms with E-state index in [-0.39, 0.29) is 24.1 Å². The van der Waals surface area contributed by atoms with E-state index < -0.39 is 0 Å². The molecule has 5 heteroatoms. The van der Waals surface area contributed by atoms with Gasteiger partial charge in [-0.1, -0.05) is 48.0 Å². The first kappa shape index (κ1) is 17.2. The zero-order valence-electron chi connectivity index (χ0n) is 15.4. The van der Waals surface area contributed by atoms with Crippen LogP contribution in [0.2, 0.25) is 0 Å². The minimum absolute atomic E-state index is 0.0152. The van der Waals surface area contributed by atoms with Crippen LogP contribution in [0.3, 0.4) is 0 Å². The van der Waals surface area contributed by atoms with Crippen molar-refractivity contribution < 1.29 is 4.79 Å². The lowest BCUT2D eigenvalue weighted by Crippen LogP contribution is -2.39. The van der Waals surface area contributed by atoms with Gasteiger partial charge in [0, 0.05) is 23.4 Å². The fourth-order valence-electron chi connectivity index (χ4n) is 3.59. The van der Waals surface area contributed by atoms with Crippen LogP contribution >= 0.6 is 0 Å². The highest BCUT2D eigenvalue weighted by molar-refractivity contribution is 5.96. The first-order chi connectivity index (χ1) is 13.0. The number of hydrogen-bond donors (Lipinski definition) is 0. The van der Waals surface area contributed by atoms with Crippen LogP contribution in [-0.2, 0) is 17.8 Å². The van der Waals surface area contributed by atoms with Gasteiger partial charge in [0.15, 0.2) is 0 Å². The van der Waals surface area contributed by atoms with Crippen LogP contribution < -0.4 is 10.5 Å². The Labute approximate surface area is 157 Å². The summed E-state index contributed by atoms with van der Waals surface area (Å²) in [6, 6.07) is 17.3. The molecule has 1 aliphatic rings. The van der Waals surface area contributed by atoms with Crippen molar-refractivity contribution in [3.05, 3.63) is 82.4 Å². The largest absolute Gasteiger partial charge is 0.307 e. The van der Waals surface area contributed by atoms with E-state index in [1.54, 1.807) is 4.90 Å². The number of fused-ring (bicyclic) bond motifs is 1. The molecule has 0 aliphatic carbocycles. The van der Waals surface area contributed by atoms with Gasteiger partial charge in [0.25, 0.3) is 5.56 Å². The average Bonchev–Trinajstić information content (AvgIpc) is 3.00. The van der Waals surface area contributed by atoms with Gasteiger partial charge in [0.1, 0.15) is 6.54 Å². The summed E-state index contributed by atoms with van der Waals surface area (Å²) in [5.41, 5.74) is 4.53. The summed E-state index contributed by atoms with van der Waals surface area (Å²) in [6.45, 7) is 4.02. The van der Waals surface area contributed by atoms with Gasteiger partial charge in [0.05, 0.1) is 12.0 Å². The number of para-hydroxylation sites is 1. The molecule has 4 rings (SSSR count). The molecule has 1 atom stereocenters. The summed E-state index contributed by atoms with van der Waals surface area (Å²) in [6.07, 6.45) is 2.30. The quantitative estimate of drug-likeness (QED) is 0.722. The van der Waals surface area contributed by atoms with Crippen molar-refractivity contribution in [2.45, 2.75) is 32.9 Å². The smallest absolute Gasteiger partial charge is 0.254 e. The standard InChI is InChI=1S/C22H21N3O2/c1-15-7-9-17(10-8-15)19-12-21(26)24(14-23-19)13-22(27)25-16(2)11-18-5-3-4-6-20(18)25/h3-10,12,14,16H,11,13H2,1-2H3/t16-/m0/s1. The van der Waals surface area contributed by atoms with Crippen LogP contribution in [-0.4, -0.2) is 21.5 Å². The van der Waals surface area contributed by atoms with Crippen molar-refractivity contribution in [3.8, 4) is 11.3 Å². The third kappa shape index (κ3) is 3.28. The Hall–Kier alpha value is -3.21. The second-order valence-electron chi connectivity index (χ2n) is 7.05. The Balaban J connectivity index is 1.57. The number of amides is 1. The Morgan fingerprint density at radius 2 is 1.89 bits per heavy atom. The van der Waals surface area contributed by atoms with Gasteiger partial charge in [0.2, 0.25) is 5.91 Å². The van der Waals surface area contributed by atoms with E-state index in [1.165, 1.54) is 22.5 Å². The summed E-state index contributed by atoms with van der Waals surface area (Å²) in [5.74, 6) is -0.0977. The maximum atomic E-state index is 12.9. The number of nitrogens with zero attached hydrogens (tertiary/aromatic N) is 3. The second-order valence-corrected chi connectivity index (χ2v) is 7.05. The van der Waals surface area contributed by atoms with Crippen molar-refractivity contribution in [1.82, 2.24) is 9.55 Å². The number of aromatic nitrogens is 2. The monoisotopic (exact) mass is 359 g/mol. The molecule has 0 radical (unpaired) electrons. The number of carbonyl (C=O) groups is 1. The van der Waals surface area contributed by atoms with Crippen molar-refractivity contribution in [3.63, 3.8) is 0 Å². The van der Waals surface area contributed by atoms with Crippen LogP contribution in [0.15, 0.2) is 65.7 Å². The molecule has 0 saturated carbocycles. The SMILES string of the molecule is Cc1ccc(-c2cc(=O)n(CC(=O)N3c4ccccc4C[C@@H]3C)cn2)cc1. The molecule has 1 aromatic heterocycles. The van der Waals surface area contributed by atoms with Crippen LogP contribution in [0.5, 0.6) is 0 Å². The van der Waals surface area contributed by atoms with Crippen LogP contribution in [0.25, 0.3) is 11.3 Å². The predicted molar refractivity (Wildman–Crippen MR) is 106 cm³/mol. The summed E-state index contributed by atoms with van der Waals surface area (Å²) in [7, 11) is 0. The lowest BCUT2D eigenvalue weighted by molar-refractivity contribution is -0.119. The number of carbonyl (C=O) groups excluding carboxylic acids is 1. The van der Waals surface area contributed by atoms with Gasteiger partial charge in [-0.25, -0.2) is 4.98 Å². The number of aryl methyl sites for hydroxylation is 1. The molecule has 2 aromatic carbocycles. The molecular weight excluding hydrogens is 338 g/mol. The number of rotatable bonds is 3. The van der Waals surface area contributed by atoms with E-state index in [0.29, 0.717) is 5.69 Å². The zero-order valence-corrected chi connectivity index (χ0v) is 15.4. The molecule has 5 nitrogen and oxygen atoms in total. The summed E-state index contributed by atoms with van der Waals surface area (Å²) < 4.78 is 1.37. The molecule has 3 aromatic rings. The van der Waals surface area contributed by atoms with Crippen molar-refractivity contribution in [2.75, 3.05) is 4.90 Å². The number of benzene rings is 2. The second kappa shape index (κ2) is 6.83. The third-order valence-electron chi connectivity index (χ3n) is 5.01. The van der Waals surface area contributed by atoms with E-state index in [4.69, 9.17) is 0 Å². The minimum Gasteiger partial charge on any atom is -0.307 e. The van der Waals surface area contributed by atoms with E-state index in [1.807, 2.05) is 62.4 Å². The number of hydrogen-bond acceptors (Lipinski definition) is 3. The normalized spacial score (nSPS) is 15.6. The molecule has 0 N–H and O–H groups in total. The van der Waals surface area contributed by atoms with E-state index in [9.17, 15) is 9.59 Å². The molecule has 0 fully saturated rings. The maximum Gasteiger partial charge on any atom is 0.254 e. The first-order valence-electron chi connectivity index (χ1n) is 9.06. The zero-order chi connectivity index (χ0) is 19.0. The molecule has 136 valence electrons. The van der Waals surface area contributed by atoms with Gasteiger partial charge in [-0.05, 0) is 31.9 Å². The lowest BCUT2D eigenvalue weighted by Gasteiger charge is -2.23. The minimum atomic E-state index is -0.228. The average molecular weight is 359 g/mol. The summed E-state index contributed by atoms with van der Waals surface area (Å²) in [5, 5.41) is 0. The third-order valence-corrected chi connectivity index (χ3v) is 5.01. The van der Waals surface area contributed by atoms with Gasteiger partial charge in [-0.2, -0.15) is 0 Å². The van der Waals surface area contributed by atoms with Gasteiger partial charge in [-0.15, -0.1) is 0 Å². The Morgan fingerprint density at radius 1 is 1.15 bits per heavy atom. The molecular formula is C22H21N3O2. The molecule has 2 heterocycles. The van der Waals surface area contributed by atoms with Crippen LogP contribution in [0.1, 0.15) is 18.1 Å². The molecule has 0 bridgehead atoms. The maximum absolute atomic E-state index is 12.9. The molecule has 1 amide bonds. The highest BCUT2D eigenvalue weighted by atomic mass is 16.2. The Bertz CT molecular complexity index is 1050. The highest BCUT2D eigenvalue weighted by Gasteiger charge is 2.30. The fraction of sp³-hybridized carbons (Fsp3) is 0.227. The molecule has 1 aliphatic heterocycles. The van der Waals surface area contributed by atoms with Crippen molar-refractivity contribution in [1.29, 1.82) is 0 Å². The number of anilines is 1. The fourth-order valence-corrected chi connectivity index (χ4v) is 3.59. The predicted octanol–water partition coefficient (Wildman–Crippen LogP) is 3.20.